The Morgan fingerprint density at radius 1 is 1.20 bits per heavy atom. The smallest absolute Gasteiger partial charge is 0.225 e. The normalized spacial score (nSPS) is 11.8. The molecule has 0 fully saturated rings. The summed E-state index contributed by atoms with van der Waals surface area (Å²) < 4.78 is 17.8. The molecule has 0 radical (unpaired) electrons. The first-order chi connectivity index (χ1) is 11.9. The predicted molar refractivity (Wildman–Crippen MR) is 94.3 cm³/mol. The molecule has 0 aliphatic rings. The van der Waals surface area contributed by atoms with Crippen LogP contribution in [0.4, 0.5) is 0 Å². The van der Waals surface area contributed by atoms with Crippen molar-refractivity contribution < 1.29 is 19.0 Å². The first-order valence-electron chi connectivity index (χ1n) is 7.98. The Morgan fingerprint density at radius 3 is 2.40 bits per heavy atom. The molecule has 136 valence electrons. The molecule has 1 heterocycles. The minimum absolute atomic E-state index is 0.110. The minimum Gasteiger partial charge on any atom is -0.493 e. The first-order valence-corrected chi connectivity index (χ1v) is 7.98. The van der Waals surface area contributed by atoms with Crippen molar-refractivity contribution in [3.63, 3.8) is 0 Å². The predicted octanol–water partition coefficient (Wildman–Crippen LogP) is 2.17. The topological polar surface area (TPSA) is 74.6 Å². The number of methoxy groups -OCH3 is 3. The van der Waals surface area contributed by atoms with Crippen LogP contribution in [0.15, 0.2) is 18.3 Å². The van der Waals surface area contributed by atoms with Gasteiger partial charge < -0.3 is 19.5 Å². The van der Waals surface area contributed by atoms with Crippen LogP contribution in [-0.2, 0) is 18.3 Å². The maximum Gasteiger partial charge on any atom is 0.225 e. The lowest BCUT2D eigenvalue weighted by molar-refractivity contribution is -0.121. The lowest BCUT2D eigenvalue weighted by atomic mass is 10.1. The zero-order valence-electron chi connectivity index (χ0n) is 15.5. The van der Waals surface area contributed by atoms with Crippen molar-refractivity contribution in [2.75, 3.05) is 21.3 Å². The van der Waals surface area contributed by atoms with E-state index < -0.39 is 0 Å². The molecular formula is C18H25N3O4. The van der Waals surface area contributed by atoms with Gasteiger partial charge >= 0.3 is 0 Å². The molecule has 7 heteroatoms. The number of nitrogens with one attached hydrogen (secondary N) is 1. The van der Waals surface area contributed by atoms with Gasteiger partial charge in [0, 0.05) is 23.9 Å². The molecule has 0 aliphatic carbocycles. The number of benzene rings is 1. The van der Waals surface area contributed by atoms with Crippen LogP contribution in [0, 0.1) is 6.92 Å². The molecule has 0 spiro atoms. The highest BCUT2D eigenvalue weighted by molar-refractivity contribution is 5.80. The van der Waals surface area contributed by atoms with E-state index in [1.807, 2.05) is 20.9 Å². The number of ether oxygens (including phenoxy) is 3. The second-order valence-corrected chi connectivity index (χ2v) is 5.77. The number of rotatable bonds is 7. The van der Waals surface area contributed by atoms with E-state index in [9.17, 15) is 4.79 Å². The Hall–Kier alpha value is -2.70. The van der Waals surface area contributed by atoms with Crippen LogP contribution < -0.4 is 19.5 Å². The SMILES string of the molecule is COc1ccc(CC(=O)N[C@H](C)c2cnn(C)c2C)c(OC)c1OC. The van der Waals surface area contributed by atoms with Crippen molar-refractivity contribution in [1.29, 1.82) is 0 Å². The van der Waals surface area contributed by atoms with Gasteiger partial charge in [0.25, 0.3) is 0 Å². The van der Waals surface area contributed by atoms with Gasteiger partial charge in [0.1, 0.15) is 0 Å². The van der Waals surface area contributed by atoms with Crippen molar-refractivity contribution >= 4 is 5.91 Å². The molecule has 2 rings (SSSR count). The summed E-state index contributed by atoms with van der Waals surface area (Å²) in [4.78, 5) is 12.5. The van der Waals surface area contributed by atoms with Gasteiger partial charge in [-0.15, -0.1) is 0 Å². The molecule has 0 saturated heterocycles. The lowest BCUT2D eigenvalue weighted by Gasteiger charge is -2.17. The average molecular weight is 347 g/mol. The van der Waals surface area contributed by atoms with E-state index in [2.05, 4.69) is 10.4 Å². The number of aromatic nitrogens is 2. The summed E-state index contributed by atoms with van der Waals surface area (Å²) in [7, 11) is 6.52. The van der Waals surface area contributed by atoms with Crippen molar-refractivity contribution in [3.05, 3.63) is 35.2 Å². The third-order valence-electron chi connectivity index (χ3n) is 4.25. The van der Waals surface area contributed by atoms with Crippen LogP contribution >= 0.6 is 0 Å². The molecule has 0 unspecified atom stereocenters. The van der Waals surface area contributed by atoms with Gasteiger partial charge in [-0.05, 0) is 19.9 Å². The molecule has 1 N–H and O–H groups in total. The Labute approximate surface area is 147 Å². The lowest BCUT2D eigenvalue weighted by Crippen LogP contribution is -2.28. The maximum atomic E-state index is 12.5. The number of nitrogens with zero attached hydrogens (tertiary/aromatic N) is 2. The molecular weight excluding hydrogens is 322 g/mol. The van der Waals surface area contributed by atoms with Crippen molar-refractivity contribution in [1.82, 2.24) is 15.1 Å². The highest BCUT2D eigenvalue weighted by atomic mass is 16.5. The summed E-state index contributed by atoms with van der Waals surface area (Å²) >= 11 is 0. The summed E-state index contributed by atoms with van der Waals surface area (Å²) in [6.07, 6.45) is 1.95. The summed E-state index contributed by atoms with van der Waals surface area (Å²) in [6, 6.07) is 3.44. The van der Waals surface area contributed by atoms with Gasteiger partial charge in [0.05, 0.1) is 40.0 Å². The Kier molecular flexibility index (Phi) is 5.90. The van der Waals surface area contributed by atoms with Gasteiger partial charge in [-0.25, -0.2) is 0 Å². The van der Waals surface area contributed by atoms with Crippen LogP contribution in [0.25, 0.3) is 0 Å². The third kappa shape index (κ3) is 3.87. The fraction of sp³-hybridized carbons (Fsp3) is 0.444. The Morgan fingerprint density at radius 2 is 1.88 bits per heavy atom. The van der Waals surface area contributed by atoms with Gasteiger partial charge in [0.2, 0.25) is 11.7 Å². The van der Waals surface area contributed by atoms with E-state index in [1.165, 1.54) is 7.11 Å². The average Bonchev–Trinajstić information content (AvgIpc) is 2.93. The molecule has 0 bridgehead atoms. The Balaban J connectivity index is 2.16. The standard InChI is InChI=1S/C18H25N3O4/c1-11(14-10-19-21(3)12(14)2)20-16(22)9-13-7-8-15(23-4)18(25-6)17(13)24-5/h7-8,10-11H,9H2,1-6H3,(H,20,22)/t11-/m1/s1. The zero-order chi connectivity index (χ0) is 18.6. The number of hydrogen-bond donors (Lipinski definition) is 1. The van der Waals surface area contributed by atoms with E-state index in [-0.39, 0.29) is 18.4 Å². The monoisotopic (exact) mass is 347 g/mol. The van der Waals surface area contributed by atoms with Crippen LogP contribution in [0.3, 0.4) is 0 Å². The largest absolute Gasteiger partial charge is 0.493 e. The zero-order valence-corrected chi connectivity index (χ0v) is 15.5. The van der Waals surface area contributed by atoms with Crippen molar-refractivity contribution in [2.45, 2.75) is 26.3 Å². The number of hydrogen-bond acceptors (Lipinski definition) is 5. The van der Waals surface area contributed by atoms with Crippen LogP contribution in [0.2, 0.25) is 0 Å². The highest BCUT2D eigenvalue weighted by Crippen LogP contribution is 2.39. The number of amides is 1. The molecule has 7 nitrogen and oxygen atoms in total. The molecule has 1 atom stereocenters. The molecule has 1 aromatic carbocycles. The highest BCUT2D eigenvalue weighted by Gasteiger charge is 2.19. The van der Waals surface area contributed by atoms with Crippen LogP contribution in [0.5, 0.6) is 17.2 Å². The quantitative estimate of drug-likeness (QED) is 0.831. The molecule has 0 saturated carbocycles. The van der Waals surface area contributed by atoms with Gasteiger partial charge in [0.15, 0.2) is 11.5 Å². The first kappa shape index (κ1) is 18.6. The van der Waals surface area contributed by atoms with E-state index in [1.54, 1.807) is 37.2 Å². The van der Waals surface area contributed by atoms with Gasteiger partial charge in [-0.1, -0.05) is 6.07 Å². The van der Waals surface area contributed by atoms with E-state index in [4.69, 9.17) is 14.2 Å². The fourth-order valence-electron chi connectivity index (χ4n) is 2.79. The van der Waals surface area contributed by atoms with Gasteiger partial charge in [-0.3, -0.25) is 9.48 Å². The van der Waals surface area contributed by atoms with Gasteiger partial charge in [-0.2, -0.15) is 5.10 Å². The second kappa shape index (κ2) is 7.92. The van der Waals surface area contributed by atoms with Crippen molar-refractivity contribution in [2.24, 2.45) is 7.05 Å². The third-order valence-corrected chi connectivity index (χ3v) is 4.25. The molecule has 2 aromatic rings. The second-order valence-electron chi connectivity index (χ2n) is 5.77. The van der Waals surface area contributed by atoms with E-state index in [0.717, 1.165) is 16.8 Å². The summed E-state index contributed by atoms with van der Waals surface area (Å²) in [5.41, 5.74) is 2.75. The number of carbonyl (C=O) groups excluding carboxylic acids is 1. The molecule has 0 aliphatic heterocycles. The Bertz CT molecular complexity index is 755. The fourth-order valence-corrected chi connectivity index (χ4v) is 2.79. The maximum absolute atomic E-state index is 12.5. The molecule has 25 heavy (non-hydrogen) atoms. The number of carbonyl (C=O) groups is 1. The summed E-state index contributed by atoms with van der Waals surface area (Å²) in [5, 5.41) is 7.21. The van der Waals surface area contributed by atoms with E-state index >= 15 is 0 Å². The molecule has 1 aromatic heterocycles. The van der Waals surface area contributed by atoms with E-state index in [0.29, 0.717) is 17.2 Å². The summed E-state index contributed by atoms with van der Waals surface area (Å²) in [5.74, 6) is 1.43. The number of aryl methyl sites for hydroxylation is 1. The minimum atomic E-state index is -0.132. The summed E-state index contributed by atoms with van der Waals surface area (Å²) in [6.45, 7) is 3.91. The van der Waals surface area contributed by atoms with Crippen LogP contribution in [0.1, 0.15) is 29.8 Å². The molecule has 1 amide bonds. The van der Waals surface area contributed by atoms with Crippen LogP contribution in [-0.4, -0.2) is 37.0 Å². The van der Waals surface area contributed by atoms with Crippen molar-refractivity contribution in [3.8, 4) is 17.2 Å².